The van der Waals surface area contributed by atoms with Gasteiger partial charge in [0, 0.05) is 12.1 Å². The lowest BCUT2D eigenvalue weighted by atomic mass is 9.70. The summed E-state index contributed by atoms with van der Waals surface area (Å²) < 4.78 is 6.19. The van der Waals surface area contributed by atoms with Crippen LogP contribution in [-0.4, -0.2) is 36.0 Å². The fraction of sp³-hybridized carbons (Fsp3) is 1.00. The highest BCUT2D eigenvalue weighted by molar-refractivity contribution is 5.09. The van der Waals surface area contributed by atoms with Gasteiger partial charge in [0.05, 0.1) is 18.8 Å². The molecule has 20 heavy (non-hydrogen) atoms. The lowest BCUT2D eigenvalue weighted by Crippen LogP contribution is -2.46. The minimum absolute atomic E-state index is 0.0403. The molecule has 0 radical (unpaired) electrons. The van der Waals surface area contributed by atoms with Gasteiger partial charge in [0.15, 0.2) is 0 Å². The van der Waals surface area contributed by atoms with E-state index in [0.29, 0.717) is 18.6 Å². The zero-order chi connectivity index (χ0) is 15.2. The first-order chi connectivity index (χ1) is 9.05. The first kappa shape index (κ1) is 16.3. The Kier molecular flexibility index (Phi) is 4.27. The second kappa shape index (κ2) is 5.26. The van der Waals surface area contributed by atoms with Crippen LogP contribution in [0.1, 0.15) is 60.8 Å². The van der Waals surface area contributed by atoms with Gasteiger partial charge in [0.25, 0.3) is 0 Å². The van der Waals surface area contributed by atoms with Crippen LogP contribution in [0.15, 0.2) is 0 Å². The Morgan fingerprint density at radius 2 is 1.95 bits per heavy atom. The van der Waals surface area contributed by atoms with Crippen molar-refractivity contribution in [1.82, 2.24) is 5.32 Å². The third kappa shape index (κ3) is 3.20. The van der Waals surface area contributed by atoms with E-state index in [9.17, 15) is 5.11 Å². The van der Waals surface area contributed by atoms with E-state index in [1.165, 1.54) is 19.3 Å². The molecule has 2 fully saturated rings. The lowest BCUT2D eigenvalue weighted by Gasteiger charge is -2.42. The van der Waals surface area contributed by atoms with Crippen molar-refractivity contribution in [2.24, 2.45) is 16.7 Å². The summed E-state index contributed by atoms with van der Waals surface area (Å²) in [4.78, 5) is 0. The Morgan fingerprint density at radius 1 is 1.30 bits per heavy atom. The van der Waals surface area contributed by atoms with Crippen molar-refractivity contribution >= 4 is 0 Å². The van der Waals surface area contributed by atoms with Crippen LogP contribution < -0.4 is 5.32 Å². The van der Waals surface area contributed by atoms with Gasteiger partial charge in [-0.15, -0.1) is 0 Å². The molecular weight excluding hydrogens is 250 g/mol. The zero-order valence-electron chi connectivity index (χ0n) is 14.1. The summed E-state index contributed by atoms with van der Waals surface area (Å²) in [5, 5.41) is 13.4. The van der Waals surface area contributed by atoms with Crippen LogP contribution in [0.5, 0.6) is 0 Å². The third-order valence-corrected chi connectivity index (χ3v) is 5.46. The Bertz CT molecular complexity index is 343. The van der Waals surface area contributed by atoms with Crippen LogP contribution in [0.25, 0.3) is 0 Å². The van der Waals surface area contributed by atoms with E-state index in [0.717, 1.165) is 5.92 Å². The number of ether oxygens (including phenoxy) is 1. The lowest BCUT2D eigenvalue weighted by molar-refractivity contribution is -0.110. The largest absolute Gasteiger partial charge is 0.389 e. The average molecular weight is 283 g/mol. The quantitative estimate of drug-likeness (QED) is 0.815. The Balaban J connectivity index is 1.85. The topological polar surface area (TPSA) is 41.5 Å². The maximum atomic E-state index is 10.1. The molecule has 3 nitrogen and oxygen atoms in total. The fourth-order valence-corrected chi connectivity index (χ4v) is 4.36. The molecule has 0 aromatic heterocycles. The number of aliphatic hydroxyl groups excluding tert-OH is 1. The predicted octanol–water partition coefficient (Wildman–Crippen LogP) is 2.97. The van der Waals surface area contributed by atoms with Crippen molar-refractivity contribution in [2.45, 2.75) is 78.6 Å². The molecule has 118 valence electrons. The molecule has 2 aliphatic rings. The predicted molar refractivity (Wildman–Crippen MR) is 82.7 cm³/mol. The summed E-state index contributed by atoms with van der Waals surface area (Å²) in [5.41, 5.74) is 0.619. The second-order valence-corrected chi connectivity index (χ2v) is 8.91. The number of rotatable bonds is 5. The highest BCUT2D eigenvalue weighted by atomic mass is 16.5. The smallest absolute Gasteiger partial charge is 0.0898 e. The summed E-state index contributed by atoms with van der Waals surface area (Å²) in [5.74, 6) is 0.794. The maximum absolute atomic E-state index is 10.1. The SMILES string of the molecule is CC(C)(C)NCC(O)COC1C2(C)CCC(C2)C1(C)C. The first-order valence-electron chi connectivity index (χ1n) is 8.09. The van der Waals surface area contributed by atoms with E-state index in [-0.39, 0.29) is 17.1 Å². The molecule has 0 spiro atoms. The number of hydrogen-bond donors (Lipinski definition) is 2. The average Bonchev–Trinajstić information content (AvgIpc) is 2.76. The van der Waals surface area contributed by atoms with Gasteiger partial charge in [-0.25, -0.2) is 0 Å². The number of hydrogen-bond acceptors (Lipinski definition) is 3. The summed E-state index contributed by atoms with van der Waals surface area (Å²) in [6.45, 7) is 14.4. The second-order valence-electron chi connectivity index (χ2n) is 8.91. The van der Waals surface area contributed by atoms with Gasteiger partial charge in [-0.3, -0.25) is 0 Å². The van der Waals surface area contributed by atoms with Gasteiger partial charge in [-0.2, -0.15) is 0 Å². The monoisotopic (exact) mass is 283 g/mol. The Labute approximate surface area is 124 Å². The highest BCUT2D eigenvalue weighted by Gasteiger charge is 2.60. The van der Waals surface area contributed by atoms with Crippen LogP contribution in [0.2, 0.25) is 0 Å². The number of nitrogens with one attached hydrogen (secondary N) is 1. The molecule has 4 atom stereocenters. The summed E-state index contributed by atoms with van der Waals surface area (Å²) in [6, 6.07) is 0. The minimum atomic E-state index is -0.423. The van der Waals surface area contributed by atoms with Crippen LogP contribution in [0.4, 0.5) is 0 Å². The Hall–Kier alpha value is -0.120. The van der Waals surface area contributed by atoms with Crippen LogP contribution in [0, 0.1) is 16.7 Å². The molecule has 4 unspecified atom stereocenters. The highest BCUT2D eigenvalue weighted by Crippen LogP contribution is 2.63. The van der Waals surface area contributed by atoms with Gasteiger partial charge in [0.2, 0.25) is 0 Å². The van der Waals surface area contributed by atoms with Crippen LogP contribution in [-0.2, 0) is 4.74 Å². The normalized spacial score (nSPS) is 37.4. The first-order valence-corrected chi connectivity index (χ1v) is 8.09. The number of fused-ring (bicyclic) bond motifs is 2. The molecule has 0 aromatic rings. The van der Waals surface area contributed by atoms with Crippen molar-refractivity contribution < 1.29 is 9.84 Å². The molecule has 2 aliphatic carbocycles. The molecule has 0 saturated heterocycles. The van der Waals surface area contributed by atoms with Gasteiger partial charge < -0.3 is 15.2 Å². The molecular formula is C17H33NO2. The van der Waals surface area contributed by atoms with Crippen molar-refractivity contribution in [3.8, 4) is 0 Å². The molecule has 2 N–H and O–H groups in total. The van der Waals surface area contributed by atoms with E-state index in [2.05, 4.69) is 46.9 Å². The van der Waals surface area contributed by atoms with Crippen LogP contribution in [0.3, 0.4) is 0 Å². The summed E-state index contributed by atoms with van der Waals surface area (Å²) in [7, 11) is 0. The van der Waals surface area contributed by atoms with E-state index in [1.54, 1.807) is 0 Å². The molecule has 0 aromatic carbocycles. The summed E-state index contributed by atoms with van der Waals surface area (Å²) in [6.07, 6.45) is 3.78. The molecule has 0 amide bonds. The zero-order valence-corrected chi connectivity index (χ0v) is 14.1. The van der Waals surface area contributed by atoms with E-state index in [4.69, 9.17) is 4.74 Å². The van der Waals surface area contributed by atoms with Crippen molar-refractivity contribution in [1.29, 1.82) is 0 Å². The van der Waals surface area contributed by atoms with Crippen LogP contribution >= 0.6 is 0 Å². The standard InChI is InChI=1S/C17H33NO2/c1-15(2,3)18-10-13(19)11-20-14-16(4,5)12-7-8-17(14,6)9-12/h12-14,18-19H,7-11H2,1-6H3. The minimum Gasteiger partial charge on any atom is -0.389 e. The van der Waals surface area contributed by atoms with E-state index < -0.39 is 6.10 Å². The number of β-amino-alcohol motifs (C(OH)–C–C–N with tert-alkyl or cyclic N) is 1. The molecule has 0 heterocycles. The van der Waals surface area contributed by atoms with Gasteiger partial charge in [-0.05, 0) is 56.8 Å². The maximum Gasteiger partial charge on any atom is 0.0898 e. The van der Waals surface area contributed by atoms with Crippen molar-refractivity contribution in [2.75, 3.05) is 13.2 Å². The third-order valence-electron chi connectivity index (χ3n) is 5.46. The summed E-state index contributed by atoms with van der Waals surface area (Å²) >= 11 is 0. The molecule has 2 rings (SSSR count). The molecule has 0 aliphatic heterocycles. The van der Waals surface area contributed by atoms with E-state index >= 15 is 0 Å². The van der Waals surface area contributed by atoms with Gasteiger partial charge >= 0.3 is 0 Å². The van der Waals surface area contributed by atoms with E-state index in [1.807, 2.05) is 0 Å². The van der Waals surface area contributed by atoms with Gasteiger partial charge in [0.1, 0.15) is 0 Å². The fourth-order valence-electron chi connectivity index (χ4n) is 4.36. The number of aliphatic hydroxyl groups is 1. The van der Waals surface area contributed by atoms with Crippen molar-refractivity contribution in [3.05, 3.63) is 0 Å². The Morgan fingerprint density at radius 3 is 2.45 bits per heavy atom. The van der Waals surface area contributed by atoms with Gasteiger partial charge in [-0.1, -0.05) is 20.8 Å². The molecule has 2 bridgehead atoms. The molecule has 3 heteroatoms. The molecule has 2 saturated carbocycles. The van der Waals surface area contributed by atoms with Crippen molar-refractivity contribution in [3.63, 3.8) is 0 Å².